The highest BCUT2D eigenvalue weighted by Gasteiger charge is 2.17. The minimum atomic E-state index is 0.320. The second kappa shape index (κ2) is 7.51. The fourth-order valence-corrected chi connectivity index (χ4v) is 1.92. The second-order valence-electron chi connectivity index (χ2n) is 4.60. The van der Waals surface area contributed by atoms with Gasteiger partial charge in [0.1, 0.15) is 18.1 Å². The monoisotopic (exact) mass is 239 g/mol. The van der Waals surface area contributed by atoms with Crippen LogP contribution in [0, 0.1) is 5.92 Å². The lowest BCUT2D eigenvalue weighted by atomic mass is 9.98. The summed E-state index contributed by atoms with van der Waals surface area (Å²) in [5.41, 5.74) is 0. The van der Waals surface area contributed by atoms with Gasteiger partial charge in [0.2, 0.25) is 0 Å². The molecular weight excluding hydrogens is 214 g/mol. The Balaban J connectivity index is 2.67. The summed E-state index contributed by atoms with van der Waals surface area (Å²) >= 11 is 0. The van der Waals surface area contributed by atoms with E-state index < -0.39 is 0 Å². The molecule has 3 heteroatoms. The van der Waals surface area contributed by atoms with Crippen molar-refractivity contribution in [2.45, 2.75) is 46.3 Å². The van der Waals surface area contributed by atoms with Crippen molar-refractivity contribution in [3.63, 3.8) is 0 Å². The third-order valence-electron chi connectivity index (χ3n) is 3.10. The van der Waals surface area contributed by atoms with Gasteiger partial charge in [-0.3, -0.25) is 0 Å². The van der Waals surface area contributed by atoms with Gasteiger partial charge in [-0.1, -0.05) is 27.2 Å². The summed E-state index contributed by atoms with van der Waals surface area (Å²) in [7, 11) is 1.68. The molecule has 1 rings (SSSR count). The fraction of sp³-hybridized carbons (Fsp3) is 0.714. The topological polar surface area (TPSA) is 34.4 Å². The average molecular weight is 239 g/mol. The van der Waals surface area contributed by atoms with E-state index in [9.17, 15) is 0 Å². The van der Waals surface area contributed by atoms with Gasteiger partial charge in [0.25, 0.3) is 0 Å². The first kappa shape index (κ1) is 14.3. The van der Waals surface area contributed by atoms with Gasteiger partial charge in [0, 0.05) is 7.11 Å². The Morgan fingerprint density at radius 2 is 2.12 bits per heavy atom. The molecule has 0 amide bonds. The summed E-state index contributed by atoms with van der Waals surface area (Å²) in [6.45, 7) is 8.14. The number of rotatable bonds is 8. The van der Waals surface area contributed by atoms with Crippen molar-refractivity contribution >= 4 is 0 Å². The Bertz CT molecular complexity index is 309. The van der Waals surface area contributed by atoms with E-state index in [0.29, 0.717) is 18.6 Å². The van der Waals surface area contributed by atoms with E-state index >= 15 is 0 Å². The molecule has 0 aliphatic carbocycles. The molecule has 1 aromatic rings. The highest BCUT2D eigenvalue weighted by molar-refractivity contribution is 5.10. The standard InChI is InChI=1S/C14H25NO2/c1-5-11(3)9-13(15-6-2)14-8-7-12(17-14)10-16-4/h7-8,11,13,15H,5-6,9-10H2,1-4H3. The Morgan fingerprint density at radius 1 is 1.35 bits per heavy atom. The van der Waals surface area contributed by atoms with Crippen molar-refractivity contribution < 1.29 is 9.15 Å². The summed E-state index contributed by atoms with van der Waals surface area (Å²) in [6.07, 6.45) is 2.32. The predicted octanol–water partition coefficient (Wildman–Crippen LogP) is 3.51. The smallest absolute Gasteiger partial charge is 0.129 e. The lowest BCUT2D eigenvalue weighted by Crippen LogP contribution is -2.22. The first-order chi connectivity index (χ1) is 8.21. The predicted molar refractivity (Wildman–Crippen MR) is 69.9 cm³/mol. The van der Waals surface area contributed by atoms with E-state index in [1.807, 2.05) is 6.07 Å². The number of methoxy groups -OCH3 is 1. The van der Waals surface area contributed by atoms with E-state index in [-0.39, 0.29) is 0 Å². The maximum Gasteiger partial charge on any atom is 0.129 e. The van der Waals surface area contributed by atoms with Crippen LogP contribution in [0.5, 0.6) is 0 Å². The Labute approximate surface area is 105 Å². The van der Waals surface area contributed by atoms with Crippen LogP contribution in [0.3, 0.4) is 0 Å². The van der Waals surface area contributed by atoms with E-state index in [2.05, 4.69) is 32.2 Å². The maximum absolute atomic E-state index is 5.80. The zero-order valence-corrected chi connectivity index (χ0v) is 11.5. The molecule has 0 aromatic carbocycles. The molecule has 0 aliphatic rings. The van der Waals surface area contributed by atoms with Crippen molar-refractivity contribution in [3.8, 4) is 0 Å². The van der Waals surface area contributed by atoms with Crippen LogP contribution in [0.15, 0.2) is 16.5 Å². The van der Waals surface area contributed by atoms with Crippen LogP contribution in [0.4, 0.5) is 0 Å². The molecule has 98 valence electrons. The molecule has 1 N–H and O–H groups in total. The van der Waals surface area contributed by atoms with Crippen LogP contribution in [-0.2, 0) is 11.3 Å². The number of hydrogen-bond donors (Lipinski definition) is 1. The van der Waals surface area contributed by atoms with E-state index in [1.165, 1.54) is 6.42 Å². The van der Waals surface area contributed by atoms with Gasteiger partial charge in [-0.2, -0.15) is 0 Å². The first-order valence-electron chi connectivity index (χ1n) is 6.52. The van der Waals surface area contributed by atoms with Crippen LogP contribution >= 0.6 is 0 Å². The maximum atomic E-state index is 5.80. The molecule has 2 unspecified atom stereocenters. The molecule has 2 atom stereocenters. The highest BCUT2D eigenvalue weighted by atomic mass is 16.5. The molecule has 0 radical (unpaired) electrons. The third-order valence-corrected chi connectivity index (χ3v) is 3.10. The summed E-state index contributed by atoms with van der Waals surface area (Å²) in [6, 6.07) is 4.38. The van der Waals surface area contributed by atoms with Gasteiger partial charge in [0.05, 0.1) is 6.04 Å². The molecule has 0 saturated heterocycles. The summed E-state index contributed by atoms with van der Waals surface area (Å²) in [5.74, 6) is 2.63. The SMILES string of the molecule is CCNC(CC(C)CC)c1ccc(COC)o1. The van der Waals surface area contributed by atoms with Crippen molar-refractivity contribution in [1.29, 1.82) is 0 Å². The Hall–Kier alpha value is -0.800. The van der Waals surface area contributed by atoms with Gasteiger partial charge in [-0.25, -0.2) is 0 Å². The lowest BCUT2D eigenvalue weighted by molar-refractivity contribution is 0.160. The molecule has 0 spiro atoms. The third kappa shape index (κ3) is 4.52. The second-order valence-corrected chi connectivity index (χ2v) is 4.60. The number of ether oxygens (including phenoxy) is 1. The van der Waals surface area contributed by atoms with Crippen LogP contribution in [0.25, 0.3) is 0 Å². The lowest BCUT2D eigenvalue weighted by Gasteiger charge is -2.19. The molecular formula is C14H25NO2. The van der Waals surface area contributed by atoms with E-state index in [0.717, 1.165) is 24.5 Å². The number of nitrogens with one attached hydrogen (secondary N) is 1. The highest BCUT2D eigenvalue weighted by Crippen LogP contribution is 2.24. The van der Waals surface area contributed by atoms with Crippen molar-refractivity contribution in [2.75, 3.05) is 13.7 Å². The average Bonchev–Trinajstić information content (AvgIpc) is 2.77. The fourth-order valence-electron chi connectivity index (χ4n) is 1.92. The van der Waals surface area contributed by atoms with E-state index in [1.54, 1.807) is 7.11 Å². The Morgan fingerprint density at radius 3 is 2.71 bits per heavy atom. The van der Waals surface area contributed by atoms with Gasteiger partial charge < -0.3 is 14.5 Å². The van der Waals surface area contributed by atoms with Crippen LogP contribution < -0.4 is 5.32 Å². The number of furan rings is 1. The van der Waals surface area contributed by atoms with Crippen LogP contribution in [-0.4, -0.2) is 13.7 Å². The van der Waals surface area contributed by atoms with Crippen molar-refractivity contribution in [2.24, 2.45) is 5.92 Å². The number of hydrogen-bond acceptors (Lipinski definition) is 3. The molecule has 1 aromatic heterocycles. The normalized spacial score (nSPS) is 14.8. The minimum absolute atomic E-state index is 0.320. The van der Waals surface area contributed by atoms with Crippen LogP contribution in [0.1, 0.15) is 51.2 Å². The largest absolute Gasteiger partial charge is 0.462 e. The molecule has 3 nitrogen and oxygen atoms in total. The zero-order chi connectivity index (χ0) is 12.7. The van der Waals surface area contributed by atoms with Crippen molar-refractivity contribution in [1.82, 2.24) is 5.32 Å². The summed E-state index contributed by atoms with van der Waals surface area (Å²) in [4.78, 5) is 0. The van der Waals surface area contributed by atoms with E-state index in [4.69, 9.17) is 9.15 Å². The zero-order valence-electron chi connectivity index (χ0n) is 11.5. The minimum Gasteiger partial charge on any atom is -0.462 e. The molecule has 1 heterocycles. The molecule has 0 bridgehead atoms. The molecule has 17 heavy (non-hydrogen) atoms. The molecule has 0 saturated carbocycles. The Kier molecular flexibility index (Phi) is 6.30. The van der Waals surface area contributed by atoms with Crippen molar-refractivity contribution in [3.05, 3.63) is 23.7 Å². The first-order valence-corrected chi connectivity index (χ1v) is 6.52. The van der Waals surface area contributed by atoms with Gasteiger partial charge in [-0.15, -0.1) is 0 Å². The summed E-state index contributed by atoms with van der Waals surface area (Å²) < 4.78 is 10.9. The van der Waals surface area contributed by atoms with Gasteiger partial charge in [-0.05, 0) is 31.0 Å². The quantitative estimate of drug-likeness (QED) is 0.753. The van der Waals surface area contributed by atoms with Crippen LogP contribution in [0.2, 0.25) is 0 Å². The van der Waals surface area contributed by atoms with Gasteiger partial charge >= 0.3 is 0 Å². The summed E-state index contributed by atoms with van der Waals surface area (Å²) in [5, 5.41) is 3.48. The molecule has 0 fully saturated rings. The van der Waals surface area contributed by atoms with Gasteiger partial charge in [0.15, 0.2) is 0 Å². The molecule has 0 aliphatic heterocycles.